The summed E-state index contributed by atoms with van der Waals surface area (Å²) in [4.78, 5) is 32.0. The number of carbonyl (C=O) groups excluding carboxylic acids is 1. The molecule has 29 heavy (non-hydrogen) atoms. The van der Waals surface area contributed by atoms with Crippen LogP contribution in [0.1, 0.15) is 49.8 Å². The highest BCUT2D eigenvalue weighted by Gasteiger charge is 2.32. The molecule has 1 atom stereocenters. The lowest BCUT2D eigenvalue weighted by Gasteiger charge is -2.26. The Kier molecular flexibility index (Phi) is 4.94. The average molecular weight is 390 g/mol. The van der Waals surface area contributed by atoms with Crippen LogP contribution in [-0.4, -0.2) is 38.2 Å². The highest BCUT2D eigenvalue weighted by Crippen LogP contribution is 2.24. The zero-order valence-corrected chi connectivity index (χ0v) is 17.1. The van der Waals surface area contributed by atoms with Gasteiger partial charge in [-0.1, -0.05) is 45.0 Å². The van der Waals surface area contributed by atoms with Gasteiger partial charge in [0.2, 0.25) is 0 Å². The molecule has 0 bridgehead atoms. The van der Waals surface area contributed by atoms with Gasteiger partial charge in [-0.05, 0) is 30.4 Å². The van der Waals surface area contributed by atoms with Crippen molar-refractivity contribution >= 4 is 16.7 Å². The molecule has 1 unspecified atom stereocenters. The summed E-state index contributed by atoms with van der Waals surface area (Å²) < 4.78 is 1.51. The van der Waals surface area contributed by atoms with Crippen LogP contribution in [0.4, 0.5) is 0 Å². The first-order chi connectivity index (χ1) is 13.8. The van der Waals surface area contributed by atoms with Crippen LogP contribution >= 0.6 is 0 Å². The number of pyridine rings is 1. The standard InChI is InChI=1S/C23H26N4O2/c1-23(2,3)19-10-11-20(28)27(25-19)15-17-8-6-14-26(17)22(29)21-18-9-5-4-7-16(18)12-13-24-21/h4-5,7,9-13,17H,6,8,14-15H2,1-3H3. The summed E-state index contributed by atoms with van der Waals surface area (Å²) in [6.07, 6.45) is 3.44. The molecule has 1 aromatic carbocycles. The summed E-state index contributed by atoms with van der Waals surface area (Å²) >= 11 is 0. The number of fused-ring (bicyclic) bond motifs is 1. The molecule has 3 aromatic rings. The molecule has 6 heteroatoms. The van der Waals surface area contributed by atoms with E-state index in [0.29, 0.717) is 18.8 Å². The fourth-order valence-electron chi connectivity index (χ4n) is 3.90. The molecule has 1 saturated heterocycles. The van der Waals surface area contributed by atoms with Gasteiger partial charge in [-0.3, -0.25) is 14.6 Å². The van der Waals surface area contributed by atoms with E-state index < -0.39 is 0 Å². The normalized spacial score (nSPS) is 17.1. The van der Waals surface area contributed by atoms with Crippen molar-refractivity contribution < 1.29 is 4.79 Å². The lowest BCUT2D eigenvalue weighted by atomic mass is 9.92. The van der Waals surface area contributed by atoms with E-state index in [1.54, 1.807) is 18.3 Å². The quantitative estimate of drug-likeness (QED) is 0.687. The molecule has 0 aliphatic carbocycles. The third-order valence-electron chi connectivity index (χ3n) is 5.53. The minimum absolute atomic E-state index is 0.0660. The van der Waals surface area contributed by atoms with E-state index in [9.17, 15) is 9.59 Å². The Morgan fingerprint density at radius 2 is 1.93 bits per heavy atom. The molecular weight excluding hydrogens is 364 g/mol. The lowest BCUT2D eigenvalue weighted by molar-refractivity contribution is 0.0716. The molecule has 0 saturated carbocycles. The van der Waals surface area contributed by atoms with E-state index in [4.69, 9.17) is 0 Å². The number of aromatic nitrogens is 3. The van der Waals surface area contributed by atoms with Crippen LogP contribution in [-0.2, 0) is 12.0 Å². The van der Waals surface area contributed by atoms with Crippen LogP contribution < -0.4 is 5.56 Å². The molecule has 150 valence electrons. The molecule has 4 rings (SSSR count). The Balaban J connectivity index is 1.63. The second-order valence-corrected chi connectivity index (χ2v) is 8.66. The largest absolute Gasteiger partial charge is 0.332 e. The van der Waals surface area contributed by atoms with E-state index in [1.807, 2.05) is 35.2 Å². The molecule has 1 fully saturated rings. The Morgan fingerprint density at radius 3 is 2.72 bits per heavy atom. The Hall–Kier alpha value is -3.02. The summed E-state index contributed by atoms with van der Waals surface area (Å²) in [5.41, 5.74) is 1.05. The van der Waals surface area contributed by atoms with Gasteiger partial charge in [0.25, 0.3) is 11.5 Å². The number of amides is 1. The van der Waals surface area contributed by atoms with Gasteiger partial charge < -0.3 is 4.90 Å². The summed E-state index contributed by atoms with van der Waals surface area (Å²) in [5.74, 6) is -0.0793. The zero-order chi connectivity index (χ0) is 20.6. The average Bonchev–Trinajstić information content (AvgIpc) is 3.16. The van der Waals surface area contributed by atoms with Crippen molar-refractivity contribution in [3.63, 3.8) is 0 Å². The number of likely N-dealkylation sites (tertiary alicyclic amines) is 1. The Bertz CT molecular complexity index is 1110. The predicted molar refractivity (Wildman–Crippen MR) is 113 cm³/mol. The van der Waals surface area contributed by atoms with Crippen molar-refractivity contribution in [3.05, 3.63) is 70.4 Å². The maximum absolute atomic E-state index is 13.3. The molecular formula is C23H26N4O2. The second kappa shape index (κ2) is 7.43. The van der Waals surface area contributed by atoms with Crippen molar-refractivity contribution in [2.45, 2.75) is 51.6 Å². The first-order valence-corrected chi connectivity index (χ1v) is 10.1. The van der Waals surface area contributed by atoms with Crippen LogP contribution in [0.15, 0.2) is 53.5 Å². The van der Waals surface area contributed by atoms with Crippen LogP contribution in [0.5, 0.6) is 0 Å². The van der Waals surface area contributed by atoms with Crippen molar-refractivity contribution in [1.29, 1.82) is 0 Å². The summed E-state index contributed by atoms with van der Waals surface area (Å²) in [6, 6.07) is 13.0. The van der Waals surface area contributed by atoms with Gasteiger partial charge in [0.05, 0.1) is 18.3 Å². The predicted octanol–water partition coefficient (Wildman–Crippen LogP) is 3.39. The second-order valence-electron chi connectivity index (χ2n) is 8.66. The van der Waals surface area contributed by atoms with E-state index in [0.717, 1.165) is 29.3 Å². The molecule has 1 amide bonds. The SMILES string of the molecule is CC(C)(C)c1ccc(=O)n(CC2CCCN2C(=O)c2nccc3ccccc23)n1. The Labute approximate surface area is 170 Å². The van der Waals surface area contributed by atoms with Crippen LogP contribution in [0.2, 0.25) is 0 Å². The molecule has 0 spiro atoms. The van der Waals surface area contributed by atoms with Gasteiger partial charge in [-0.2, -0.15) is 5.10 Å². The topological polar surface area (TPSA) is 68.1 Å². The maximum Gasteiger partial charge on any atom is 0.273 e. The third kappa shape index (κ3) is 3.79. The maximum atomic E-state index is 13.3. The van der Waals surface area contributed by atoms with E-state index in [1.165, 1.54) is 4.68 Å². The fraction of sp³-hybridized carbons (Fsp3) is 0.391. The van der Waals surface area contributed by atoms with Crippen LogP contribution in [0.3, 0.4) is 0 Å². The van der Waals surface area contributed by atoms with Gasteiger partial charge in [0, 0.05) is 29.6 Å². The summed E-state index contributed by atoms with van der Waals surface area (Å²) in [6.45, 7) is 7.28. The first kappa shape index (κ1) is 19.3. The van der Waals surface area contributed by atoms with Crippen molar-refractivity contribution in [3.8, 4) is 0 Å². The highest BCUT2D eigenvalue weighted by atomic mass is 16.2. The van der Waals surface area contributed by atoms with Gasteiger partial charge in [-0.25, -0.2) is 4.68 Å². The van der Waals surface area contributed by atoms with Gasteiger partial charge in [0.1, 0.15) is 5.69 Å². The zero-order valence-electron chi connectivity index (χ0n) is 17.1. The van der Waals surface area contributed by atoms with Crippen LogP contribution in [0, 0.1) is 0 Å². The number of hydrogen-bond acceptors (Lipinski definition) is 4. The minimum Gasteiger partial charge on any atom is -0.332 e. The molecule has 1 aliphatic rings. The van der Waals surface area contributed by atoms with E-state index in [-0.39, 0.29) is 22.9 Å². The number of benzene rings is 1. The summed E-state index contributed by atoms with van der Waals surface area (Å²) in [7, 11) is 0. The van der Waals surface area contributed by atoms with E-state index >= 15 is 0 Å². The van der Waals surface area contributed by atoms with Crippen molar-refractivity contribution in [2.75, 3.05) is 6.54 Å². The molecule has 1 aliphatic heterocycles. The molecule has 0 N–H and O–H groups in total. The molecule has 6 nitrogen and oxygen atoms in total. The van der Waals surface area contributed by atoms with Crippen molar-refractivity contribution in [2.24, 2.45) is 0 Å². The summed E-state index contributed by atoms with van der Waals surface area (Å²) in [5, 5.41) is 6.43. The molecule has 0 radical (unpaired) electrons. The smallest absolute Gasteiger partial charge is 0.273 e. The number of nitrogens with zero attached hydrogens (tertiary/aromatic N) is 4. The number of carbonyl (C=O) groups is 1. The third-order valence-corrected chi connectivity index (χ3v) is 5.53. The van der Waals surface area contributed by atoms with Gasteiger partial charge >= 0.3 is 0 Å². The Morgan fingerprint density at radius 1 is 1.14 bits per heavy atom. The molecule has 2 aromatic heterocycles. The number of hydrogen-bond donors (Lipinski definition) is 0. The van der Waals surface area contributed by atoms with Crippen LogP contribution in [0.25, 0.3) is 10.8 Å². The lowest BCUT2D eigenvalue weighted by Crippen LogP contribution is -2.41. The minimum atomic E-state index is -0.145. The van der Waals surface area contributed by atoms with E-state index in [2.05, 4.69) is 30.9 Å². The van der Waals surface area contributed by atoms with Crippen molar-refractivity contribution in [1.82, 2.24) is 19.7 Å². The molecule has 3 heterocycles. The van der Waals surface area contributed by atoms with Gasteiger partial charge in [0.15, 0.2) is 0 Å². The first-order valence-electron chi connectivity index (χ1n) is 10.1. The number of rotatable bonds is 3. The fourth-order valence-corrected chi connectivity index (χ4v) is 3.90. The monoisotopic (exact) mass is 390 g/mol. The highest BCUT2D eigenvalue weighted by molar-refractivity contribution is 6.05. The van der Waals surface area contributed by atoms with Gasteiger partial charge in [-0.15, -0.1) is 0 Å².